The monoisotopic (exact) mass is 446 g/mol. The number of hydrogen-bond acceptors (Lipinski definition) is 5. The molecule has 1 aromatic heterocycles. The van der Waals surface area contributed by atoms with Crippen molar-refractivity contribution in [3.63, 3.8) is 0 Å². The van der Waals surface area contributed by atoms with Crippen LogP contribution in [0.25, 0.3) is 11.3 Å². The Balaban J connectivity index is 1.64. The standard InChI is InChI=1S/C20H19BrN2O3S/c1-3-17-19(13-4-6-14(21)7-5-13)23-20(27-17)22-18(24)12-26-16-10-8-15(25-2)9-11-16/h4-11H,3,12H2,1-2H3,(H,22,23,24). The number of anilines is 1. The van der Waals surface area contributed by atoms with Gasteiger partial charge in [-0.15, -0.1) is 11.3 Å². The Morgan fingerprint density at radius 3 is 2.41 bits per heavy atom. The van der Waals surface area contributed by atoms with Gasteiger partial charge in [0.05, 0.1) is 12.8 Å². The number of nitrogens with one attached hydrogen (secondary N) is 1. The van der Waals surface area contributed by atoms with Gasteiger partial charge in [-0.05, 0) is 42.8 Å². The first kappa shape index (κ1) is 19.4. The van der Waals surface area contributed by atoms with Gasteiger partial charge < -0.3 is 9.47 Å². The van der Waals surface area contributed by atoms with E-state index in [0.29, 0.717) is 10.9 Å². The van der Waals surface area contributed by atoms with Crippen LogP contribution in [-0.4, -0.2) is 24.6 Å². The number of carbonyl (C=O) groups is 1. The molecular weight excluding hydrogens is 428 g/mol. The van der Waals surface area contributed by atoms with Crippen molar-refractivity contribution < 1.29 is 14.3 Å². The lowest BCUT2D eigenvalue weighted by Gasteiger charge is -2.06. The molecule has 3 rings (SSSR count). The zero-order valence-corrected chi connectivity index (χ0v) is 17.4. The highest BCUT2D eigenvalue weighted by atomic mass is 79.9. The zero-order valence-electron chi connectivity index (χ0n) is 15.0. The number of amides is 1. The van der Waals surface area contributed by atoms with Crippen LogP contribution >= 0.6 is 27.3 Å². The number of hydrogen-bond donors (Lipinski definition) is 1. The topological polar surface area (TPSA) is 60.5 Å². The summed E-state index contributed by atoms with van der Waals surface area (Å²) in [5.41, 5.74) is 1.93. The summed E-state index contributed by atoms with van der Waals surface area (Å²) in [4.78, 5) is 17.9. The number of rotatable bonds is 7. The first-order valence-corrected chi connectivity index (χ1v) is 10.0. The third-order valence-electron chi connectivity index (χ3n) is 3.81. The van der Waals surface area contributed by atoms with Crippen LogP contribution in [0.4, 0.5) is 5.13 Å². The van der Waals surface area contributed by atoms with Crippen molar-refractivity contribution in [2.24, 2.45) is 0 Å². The summed E-state index contributed by atoms with van der Waals surface area (Å²) in [7, 11) is 1.60. The average Bonchev–Trinajstić information content (AvgIpc) is 3.10. The maximum atomic E-state index is 12.2. The predicted octanol–water partition coefficient (Wildman–Crippen LogP) is 5.16. The van der Waals surface area contributed by atoms with Crippen molar-refractivity contribution in [2.75, 3.05) is 19.0 Å². The number of halogens is 1. The number of methoxy groups -OCH3 is 1. The lowest BCUT2D eigenvalue weighted by Crippen LogP contribution is -2.20. The summed E-state index contributed by atoms with van der Waals surface area (Å²) >= 11 is 4.93. The number of nitrogens with zero attached hydrogens (tertiary/aromatic N) is 1. The largest absolute Gasteiger partial charge is 0.497 e. The Kier molecular flexibility index (Phi) is 6.47. The van der Waals surface area contributed by atoms with Crippen molar-refractivity contribution >= 4 is 38.3 Å². The Labute approximate surface area is 170 Å². The van der Waals surface area contributed by atoms with Crippen molar-refractivity contribution in [1.82, 2.24) is 4.98 Å². The average molecular weight is 447 g/mol. The molecule has 7 heteroatoms. The Morgan fingerprint density at radius 1 is 1.11 bits per heavy atom. The maximum Gasteiger partial charge on any atom is 0.264 e. The summed E-state index contributed by atoms with van der Waals surface area (Å²) in [6.07, 6.45) is 0.848. The molecule has 1 N–H and O–H groups in total. The summed E-state index contributed by atoms with van der Waals surface area (Å²) in [5.74, 6) is 1.10. The lowest BCUT2D eigenvalue weighted by atomic mass is 10.1. The molecule has 5 nitrogen and oxygen atoms in total. The summed E-state index contributed by atoms with van der Waals surface area (Å²) in [6, 6.07) is 15.1. The fraction of sp³-hybridized carbons (Fsp3) is 0.200. The van der Waals surface area contributed by atoms with Crippen LogP contribution in [0.1, 0.15) is 11.8 Å². The van der Waals surface area contributed by atoms with Gasteiger partial charge in [0.2, 0.25) is 0 Å². The molecular formula is C20H19BrN2O3S. The van der Waals surface area contributed by atoms with E-state index in [2.05, 4.69) is 33.2 Å². The molecule has 0 unspecified atom stereocenters. The van der Waals surface area contributed by atoms with Crippen molar-refractivity contribution in [3.8, 4) is 22.8 Å². The SMILES string of the molecule is CCc1sc(NC(=O)COc2ccc(OC)cc2)nc1-c1ccc(Br)cc1. The lowest BCUT2D eigenvalue weighted by molar-refractivity contribution is -0.118. The quantitative estimate of drug-likeness (QED) is 0.544. The third-order valence-corrected chi connectivity index (χ3v) is 5.46. The van der Waals surface area contributed by atoms with Gasteiger partial charge in [-0.25, -0.2) is 4.98 Å². The molecule has 0 aliphatic rings. The van der Waals surface area contributed by atoms with Gasteiger partial charge in [0.25, 0.3) is 5.91 Å². The highest BCUT2D eigenvalue weighted by Crippen LogP contribution is 2.32. The van der Waals surface area contributed by atoms with E-state index in [1.54, 1.807) is 31.4 Å². The molecule has 140 valence electrons. The van der Waals surface area contributed by atoms with Crippen LogP contribution < -0.4 is 14.8 Å². The molecule has 0 aliphatic heterocycles. The minimum Gasteiger partial charge on any atom is -0.497 e. The van der Waals surface area contributed by atoms with Crippen LogP contribution in [0.15, 0.2) is 53.0 Å². The molecule has 1 amide bonds. The van der Waals surface area contributed by atoms with E-state index < -0.39 is 0 Å². The molecule has 1 heterocycles. The minimum absolute atomic E-state index is 0.0824. The van der Waals surface area contributed by atoms with Crippen LogP contribution in [0.3, 0.4) is 0 Å². The number of benzene rings is 2. The number of aryl methyl sites for hydroxylation is 1. The minimum atomic E-state index is -0.246. The second-order valence-corrected chi connectivity index (χ2v) is 7.66. The maximum absolute atomic E-state index is 12.2. The second kappa shape index (κ2) is 9.01. The van der Waals surface area contributed by atoms with E-state index in [0.717, 1.165) is 32.8 Å². The van der Waals surface area contributed by atoms with Crippen LogP contribution in [0, 0.1) is 0 Å². The van der Waals surface area contributed by atoms with Gasteiger partial charge in [0.1, 0.15) is 11.5 Å². The van der Waals surface area contributed by atoms with E-state index in [1.165, 1.54) is 11.3 Å². The highest BCUT2D eigenvalue weighted by Gasteiger charge is 2.14. The zero-order chi connectivity index (χ0) is 19.2. The summed E-state index contributed by atoms with van der Waals surface area (Å²) in [5, 5.41) is 3.40. The Morgan fingerprint density at radius 2 is 1.78 bits per heavy atom. The first-order valence-electron chi connectivity index (χ1n) is 8.41. The number of aromatic nitrogens is 1. The van der Waals surface area contributed by atoms with E-state index >= 15 is 0 Å². The Bertz CT molecular complexity index is 908. The number of ether oxygens (including phenoxy) is 2. The second-order valence-electron chi connectivity index (χ2n) is 5.66. The van der Waals surface area contributed by atoms with Gasteiger partial charge in [0, 0.05) is 14.9 Å². The van der Waals surface area contributed by atoms with E-state index in [1.807, 2.05) is 24.3 Å². The van der Waals surface area contributed by atoms with Crippen molar-refractivity contribution in [1.29, 1.82) is 0 Å². The van der Waals surface area contributed by atoms with Gasteiger partial charge >= 0.3 is 0 Å². The first-order chi connectivity index (χ1) is 13.1. The molecule has 0 spiro atoms. The van der Waals surface area contributed by atoms with Crippen LogP contribution in [0.2, 0.25) is 0 Å². The van der Waals surface area contributed by atoms with Gasteiger partial charge in [0.15, 0.2) is 11.7 Å². The molecule has 2 aromatic carbocycles. The van der Waals surface area contributed by atoms with Crippen LogP contribution in [-0.2, 0) is 11.2 Å². The number of carbonyl (C=O) groups excluding carboxylic acids is 1. The van der Waals surface area contributed by atoms with E-state index in [9.17, 15) is 4.79 Å². The predicted molar refractivity (Wildman–Crippen MR) is 112 cm³/mol. The molecule has 0 bridgehead atoms. The van der Waals surface area contributed by atoms with E-state index in [4.69, 9.17) is 9.47 Å². The van der Waals surface area contributed by atoms with Gasteiger partial charge in [-0.2, -0.15) is 0 Å². The van der Waals surface area contributed by atoms with Crippen molar-refractivity contribution in [2.45, 2.75) is 13.3 Å². The molecule has 0 aliphatic carbocycles. The molecule has 0 fully saturated rings. The number of thiazole rings is 1. The van der Waals surface area contributed by atoms with Gasteiger partial charge in [-0.3, -0.25) is 10.1 Å². The fourth-order valence-electron chi connectivity index (χ4n) is 2.45. The Hall–Kier alpha value is -2.38. The van der Waals surface area contributed by atoms with Crippen LogP contribution in [0.5, 0.6) is 11.5 Å². The molecule has 0 radical (unpaired) electrons. The summed E-state index contributed by atoms with van der Waals surface area (Å²) < 4.78 is 11.6. The van der Waals surface area contributed by atoms with Crippen molar-refractivity contribution in [3.05, 3.63) is 57.9 Å². The normalized spacial score (nSPS) is 10.5. The molecule has 0 saturated heterocycles. The van der Waals surface area contributed by atoms with Gasteiger partial charge in [-0.1, -0.05) is 35.0 Å². The third kappa shape index (κ3) is 5.08. The molecule has 0 atom stereocenters. The molecule has 0 saturated carbocycles. The highest BCUT2D eigenvalue weighted by molar-refractivity contribution is 9.10. The molecule has 27 heavy (non-hydrogen) atoms. The molecule has 3 aromatic rings. The fourth-order valence-corrected chi connectivity index (χ4v) is 3.66. The van der Waals surface area contributed by atoms with E-state index in [-0.39, 0.29) is 12.5 Å². The smallest absolute Gasteiger partial charge is 0.264 e. The summed E-state index contributed by atoms with van der Waals surface area (Å²) in [6.45, 7) is 2.00.